The van der Waals surface area contributed by atoms with Gasteiger partial charge in [-0.3, -0.25) is 9.89 Å². The normalized spacial score (nSPS) is 13.7. The number of carbonyl (C=O) groups excluding carboxylic acids is 1. The van der Waals surface area contributed by atoms with Gasteiger partial charge in [-0.1, -0.05) is 30.3 Å². The maximum absolute atomic E-state index is 12.7. The summed E-state index contributed by atoms with van der Waals surface area (Å²) in [5.41, 5.74) is 5.34. The van der Waals surface area contributed by atoms with E-state index in [0.29, 0.717) is 18.8 Å². The number of rotatable bonds is 4. The quantitative estimate of drug-likeness (QED) is 0.794. The minimum atomic E-state index is 0.0286. The van der Waals surface area contributed by atoms with Gasteiger partial charge in [0.05, 0.1) is 18.2 Å². The zero-order chi connectivity index (χ0) is 17.2. The van der Waals surface area contributed by atoms with Crippen LogP contribution in [-0.2, 0) is 32.9 Å². The number of aromatic amines is 1. The van der Waals surface area contributed by atoms with Gasteiger partial charge in [-0.2, -0.15) is 5.10 Å². The molecule has 25 heavy (non-hydrogen) atoms. The largest absolute Gasteiger partial charge is 0.332 e. The molecule has 1 amide bonds. The van der Waals surface area contributed by atoms with Crippen LogP contribution in [0.2, 0.25) is 0 Å². The van der Waals surface area contributed by atoms with Crippen molar-refractivity contribution in [3.63, 3.8) is 0 Å². The molecule has 0 saturated carbocycles. The van der Waals surface area contributed by atoms with Gasteiger partial charge in [0.1, 0.15) is 5.69 Å². The third-order valence-corrected chi connectivity index (χ3v) is 4.84. The summed E-state index contributed by atoms with van der Waals surface area (Å²) < 4.78 is 1.77. The molecule has 3 aromatic rings. The Balaban J connectivity index is 1.49. The second kappa shape index (κ2) is 6.55. The first-order valence-electron chi connectivity index (χ1n) is 8.57. The fourth-order valence-corrected chi connectivity index (χ4v) is 3.37. The van der Waals surface area contributed by atoms with Gasteiger partial charge in [-0.25, -0.2) is 4.98 Å². The second-order valence-electron chi connectivity index (χ2n) is 6.48. The van der Waals surface area contributed by atoms with Gasteiger partial charge in [0, 0.05) is 37.8 Å². The van der Waals surface area contributed by atoms with Gasteiger partial charge in [0.2, 0.25) is 0 Å². The molecule has 3 heterocycles. The molecule has 0 unspecified atom stereocenters. The molecule has 0 atom stereocenters. The van der Waals surface area contributed by atoms with Gasteiger partial charge >= 0.3 is 0 Å². The standard InChI is InChI=1S/C19H21N5O/c1-23-13-20-11-18(23)19(25)24-10-9-17-15(12-24)16(21-22-17)8-7-14-5-3-2-4-6-14/h2-6,11,13H,7-10,12H2,1H3,(H,21,22). The lowest BCUT2D eigenvalue weighted by molar-refractivity contribution is 0.0724. The van der Waals surface area contributed by atoms with E-state index in [1.165, 1.54) is 11.1 Å². The van der Waals surface area contributed by atoms with Crippen molar-refractivity contribution in [2.75, 3.05) is 6.54 Å². The highest BCUT2D eigenvalue weighted by Crippen LogP contribution is 2.23. The lowest BCUT2D eigenvalue weighted by Gasteiger charge is -2.27. The van der Waals surface area contributed by atoms with Gasteiger partial charge in [-0.15, -0.1) is 0 Å². The van der Waals surface area contributed by atoms with Crippen LogP contribution in [0.4, 0.5) is 0 Å². The van der Waals surface area contributed by atoms with E-state index in [0.717, 1.165) is 30.7 Å². The van der Waals surface area contributed by atoms with Crippen molar-refractivity contribution < 1.29 is 4.79 Å². The van der Waals surface area contributed by atoms with E-state index < -0.39 is 0 Å². The summed E-state index contributed by atoms with van der Waals surface area (Å²) in [6.45, 7) is 1.32. The van der Waals surface area contributed by atoms with E-state index in [2.05, 4.69) is 39.4 Å². The molecule has 6 heteroatoms. The van der Waals surface area contributed by atoms with Gasteiger partial charge in [0.25, 0.3) is 5.91 Å². The van der Waals surface area contributed by atoms with E-state index in [1.54, 1.807) is 17.1 Å². The molecule has 2 aromatic heterocycles. The number of H-pyrrole nitrogens is 1. The average molecular weight is 335 g/mol. The molecular formula is C19H21N5O. The van der Waals surface area contributed by atoms with Crippen LogP contribution < -0.4 is 0 Å². The molecule has 0 spiro atoms. The van der Waals surface area contributed by atoms with Crippen LogP contribution in [-0.4, -0.2) is 37.1 Å². The SMILES string of the molecule is Cn1cncc1C(=O)N1CCc2[nH]nc(CCc3ccccc3)c2C1. The Morgan fingerprint density at radius 3 is 2.84 bits per heavy atom. The predicted octanol–water partition coefficient (Wildman–Crippen LogP) is 2.13. The molecule has 0 saturated heterocycles. The topological polar surface area (TPSA) is 66.8 Å². The van der Waals surface area contributed by atoms with E-state index in [4.69, 9.17) is 0 Å². The molecule has 1 N–H and O–H groups in total. The lowest BCUT2D eigenvalue weighted by Crippen LogP contribution is -2.37. The molecule has 0 aliphatic carbocycles. The molecule has 0 fully saturated rings. The number of aromatic nitrogens is 4. The molecule has 0 radical (unpaired) electrons. The number of nitrogens with one attached hydrogen (secondary N) is 1. The van der Waals surface area contributed by atoms with Crippen molar-refractivity contribution in [3.05, 3.63) is 71.1 Å². The molecule has 1 aliphatic heterocycles. The first kappa shape index (κ1) is 15.6. The maximum atomic E-state index is 12.7. The third kappa shape index (κ3) is 3.07. The molecular weight excluding hydrogens is 314 g/mol. The predicted molar refractivity (Wildman–Crippen MR) is 94.1 cm³/mol. The van der Waals surface area contributed by atoms with Crippen molar-refractivity contribution >= 4 is 5.91 Å². The Hall–Kier alpha value is -2.89. The van der Waals surface area contributed by atoms with Crippen molar-refractivity contribution in [2.24, 2.45) is 7.05 Å². The highest BCUT2D eigenvalue weighted by atomic mass is 16.2. The minimum Gasteiger partial charge on any atom is -0.332 e. The van der Waals surface area contributed by atoms with Gasteiger partial charge < -0.3 is 9.47 Å². The molecule has 1 aromatic carbocycles. The number of fused-ring (bicyclic) bond motifs is 1. The lowest BCUT2D eigenvalue weighted by atomic mass is 10.0. The van der Waals surface area contributed by atoms with Crippen LogP contribution in [0.1, 0.15) is 33.0 Å². The summed E-state index contributed by atoms with van der Waals surface area (Å²) >= 11 is 0. The Morgan fingerprint density at radius 1 is 1.24 bits per heavy atom. The number of aryl methyl sites for hydroxylation is 3. The number of hydrogen-bond acceptors (Lipinski definition) is 3. The Morgan fingerprint density at radius 2 is 2.08 bits per heavy atom. The zero-order valence-corrected chi connectivity index (χ0v) is 14.3. The molecule has 6 nitrogen and oxygen atoms in total. The van der Waals surface area contributed by atoms with Gasteiger partial charge in [0.15, 0.2) is 0 Å². The first-order valence-corrected chi connectivity index (χ1v) is 8.57. The molecule has 0 bridgehead atoms. The fraction of sp³-hybridized carbons (Fsp3) is 0.316. The zero-order valence-electron chi connectivity index (χ0n) is 14.3. The molecule has 1 aliphatic rings. The number of imidazole rings is 1. The van der Waals surface area contributed by atoms with Crippen LogP contribution in [0.3, 0.4) is 0 Å². The minimum absolute atomic E-state index is 0.0286. The summed E-state index contributed by atoms with van der Waals surface area (Å²) in [5, 5.41) is 7.67. The molecule has 4 rings (SSSR count). The first-order chi connectivity index (χ1) is 12.2. The van der Waals surface area contributed by atoms with Gasteiger partial charge in [-0.05, 0) is 18.4 Å². The summed E-state index contributed by atoms with van der Waals surface area (Å²) in [6, 6.07) is 10.4. The average Bonchev–Trinajstić information content (AvgIpc) is 3.26. The van der Waals surface area contributed by atoms with Crippen LogP contribution in [0.25, 0.3) is 0 Å². The summed E-state index contributed by atoms with van der Waals surface area (Å²) in [6.07, 6.45) is 5.93. The number of benzene rings is 1. The molecule has 128 valence electrons. The number of nitrogens with zero attached hydrogens (tertiary/aromatic N) is 4. The number of hydrogen-bond donors (Lipinski definition) is 1. The summed E-state index contributed by atoms with van der Waals surface area (Å²) in [5.74, 6) is 0.0286. The van der Waals surface area contributed by atoms with E-state index in [-0.39, 0.29) is 5.91 Å². The van der Waals surface area contributed by atoms with Crippen molar-refractivity contribution in [3.8, 4) is 0 Å². The van der Waals surface area contributed by atoms with E-state index >= 15 is 0 Å². The summed E-state index contributed by atoms with van der Waals surface area (Å²) in [7, 11) is 1.85. The highest BCUT2D eigenvalue weighted by molar-refractivity contribution is 5.92. The van der Waals surface area contributed by atoms with E-state index in [9.17, 15) is 4.79 Å². The van der Waals surface area contributed by atoms with Crippen LogP contribution in [0.15, 0.2) is 42.9 Å². The monoisotopic (exact) mass is 335 g/mol. The fourth-order valence-electron chi connectivity index (χ4n) is 3.37. The second-order valence-corrected chi connectivity index (χ2v) is 6.48. The Labute approximate surface area is 146 Å². The Kier molecular flexibility index (Phi) is 4.09. The number of carbonyl (C=O) groups is 1. The van der Waals surface area contributed by atoms with Crippen molar-refractivity contribution in [1.82, 2.24) is 24.6 Å². The highest BCUT2D eigenvalue weighted by Gasteiger charge is 2.26. The summed E-state index contributed by atoms with van der Waals surface area (Å²) in [4.78, 5) is 18.7. The maximum Gasteiger partial charge on any atom is 0.272 e. The third-order valence-electron chi connectivity index (χ3n) is 4.84. The van der Waals surface area contributed by atoms with Crippen molar-refractivity contribution in [2.45, 2.75) is 25.8 Å². The van der Waals surface area contributed by atoms with E-state index in [1.807, 2.05) is 18.0 Å². The van der Waals surface area contributed by atoms with Crippen molar-refractivity contribution in [1.29, 1.82) is 0 Å². The smallest absolute Gasteiger partial charge is 0.272 e. The van der Waals surface area contributed by atoms with Crippen LogP contribution in [0.5, 0.6) is 0 Å². The van der Waals surface area contributed by atoms with Crippen LogP contribution in [0, 0.1) is 0 Å². The number of amides is 1. The Bertz CT molecular complexity index is 880. The van der Waals surface area contributed by atoms with Crippen LogP contribution >= 0.6 is 0 Å².